The Morgan fingerprint density at radius 3 is 3.04 bits per heavy atom. The summed E-state index contributed by atoms with van der Waals surface area (Å²) >= 11 is 0. The predicted molar refractivity (Wildman–Crippen MR) is 87.3 cm³/mol. The third kappa shape index (κ3) is 3.37. The van der Waals surface area contributed by atoms with E-state index < -0.39 is 0 Å². The van der Waals surface area contributed by atoms with E-state index in [1.165, 1.54) is 6.33 Å². The molecule has 126 valence electrons. The SMILES string of the molecule is CN1CC(=O)N(C2CCCNC2)Cc2c(NCCO)ncnc21. The Balaban J connectivity index is 1.91. The molecule has 2 aliphatic heterocycles. The molecule has 1 unspecified atom stereocenters. The van der Waals surface area contributed by atoms with Gasteiger partial charge in [-0.2, -0.15) is 0 Å². The molecular weight excluding hydrogens is 296 g/mol. The molecule has 3 N–H and O–H groups in total. The average Bonchev–Trinajstić information content (AvgIpc) is 2.70. The zero-order valence-electron chi connectivity index (χ0n) is 13.5. The lowest BCUT2D eigenvalue weighted by molar-refractivity contribution is -0.132. The number of nitrogens with one attached hydrogen (secondary N) is 2. The third-order valence-corrected chi connectivity index (χ3v) is 4.42. The van der Waals surface area contributed by atoms with Gasteiger partial charge < -0.3 is 25.5 Å². The second-order valence-electron chi connectivity index (χ2n) is 6.05. The van der Waals surface area contributed by atoms with Gasteiger partial charge in [0.25, 0.3) is 0 Å². The minimum absolute atomic E-state index is 0.0316. The number of hydrogen-bond acceptors (Lipinski definition) is 7. The molecule has 1 aromatic heterocycles. The van der Waals surface area contributed by atoms with Crippen molar-refractivity contribution < 1.29 is 9.90 Å². The quantitative estimate of drug-likeness (QED) is 0.683. The summed E-state index contributed by atoms with van der Waals surface area (Å²) < 4.78 is 0. The van der Waals surface area contributed by atoms with Crippen LogP contribution in [0.1, 0.15) is 18.4 Å². The van der Waals surface area contributed by atoms with Crippen LogP contribution >= 0.6 is 0 Å². The molecule has 8 heteroatoms. The summed E-state index contributed by atoms with van der Waals surface area (Å²) in [5.41, 5.74) is 0.917. The fourth-order valence-electron chi connectivity index (χ4n) is 3.26. The van der Waals surface area contributed by atoms with Crippen molar-refractivity contribution in [3.8, 4) is 0 Å². The molecule has 1 aromatic rings. The smallest absolute Gasteiger partial charge is 0.242 e. The first-order chi connectivity index (χ1) is 11.2. The van der Waals surface area contributed by atoms with Crippen molar-refractivity contribution >= 4 is 17.5 Å². The van der Waals surface area contributed by atoms with Crippen molar-refractivity contribution in [1.82, 2.24) is 20.2 Å². The van der Waals surface area contributed by atoms with E-state index in [0.29, 0.717) is 25.5 Å². The Morgan fingerprint density at radius 1 is 1.43 bits per heavy atom. The zero-order valence-corrected chi connectivity index (χ0v) is 13.5. The minimum atomic E-state index is 0.0316. The Morgan fingerprint density at radius 2 is 2.30 bits per heavy atom. The highest BCUT2D eigenvalue weighted by atomic mass is 16.3. The first-order valence-corrected chi connectivity index (χ1v) is 8.10. The van der Waals surface area contributed by atoms with Gasteiger partial charge in [0.2, 0.25) is 5.91 Å². The number of piperidine rings is 1. The summed E-state index contributed by atoms with van der Waals surface area (Å²) in [6.07, 6.45) is 3.60. The molecule has 1 fully saturated rings. The van der Waals surface area contributed by atoms with Crippen LogP contribution in [0.2, 0.25) is 0 Å². The standard InChI is InChI=1S/C15H24N6O2/c1-20-9-13(23)21(11-3-2-4-16-7-11)8-12-14(17-5-6-22)18-10-19-15(12)20/h10-11,16,22H,2-9H2,1H3,(H,17,18,19). The predicted octanol–water partition coefficient (Wildman–Crippen LogP) is -0.589. The molecule has 1 atom stereocenters. The number of fused-ring (bicyclic) bond motifs is 1. The first kappa shape index (κ1) is 15.9. The Kier molecular flexibility index (Phi) is 4.92. The largest absolute Gasteiger partial charge is 0.395 e. The monoisotopic (exact) mass is 320 g/mol. The summed E-state index contributed by atoms with van der Waals surface area (Å²) in [4.78, 5) is 25.1. The van der Waals surface area contributed by atoms with Crippen LogP contribution in [-0.4, -0.2) is 71.8 Å². The molecule has 0 radical (unpaired) electrons. The molecular formula is C15H24N6O2. The molecule has 0 aliphatic carbocycles. The van der Waals surface area contributed by atoms with E-state index in [9.17, 15) is 4.79 Å². The van der Waals surface area contributed by atoms with Crippen LogP contribution in [0.5, 0.6) is 0 Å². The molecule has 1 amide bonds. The number of likely N-dealkylation sites (N-methyl/N-ethyl adjacent to an activating group) is 1. The molecule has 0 spiro atoms. The maximum absolute atomic E-state index is 12.7. The Hall–Kier alpha value is -1.93. The summed E-state index contributed by atoms with van der Waals surface area (Å²) in [5, 5.41) is 15.5. The zero-order chi connectivity index (χ0) is 16.2. The van der Waals surface area contributed by atoms with Gasteiger partial charge >= 0.3 is 0 Å². The second kappa shape index (κ2) is 7.10. The molecule has 0 aromatic carbocycles. The van der Waals surface area contributed by atoms with E-state index in [-0.39, 0.29) is 18.6 Å². The molecule has 8 nitrogen and oxygen atoms in total. The van der Waals surface area contributed by atoms with E-state index in [4.69, 9.17) is 5.11 Å². The number of anilines is 2. The normalized spacial score (nSPS) is 21.8. The molecule has 3 rings (SSSR count). The van der Waals surface area contributed by atoms with Gasteiger partial charge in [0.1, 0.15) is 18.0 Å². The number of amides is 1. The number of hydrogen-bond donors (Lipinski definition) is 3. The fraction of sp³-hybridized carbons (Fsp3) is 0.667. The van der Waals surface area contributed by atoms with Crippen molar-refractivity contribution in [2.45, 2.75) is 25.4 Å². The topological polar surface area (TPSA) is 93.6 Å². The van der Waals surface area contributed by atoms with Crippen molar-refractivity contribution in [3.05, 3.63) is 11.9 Å². The molecule has 1 saturated heterocycles. The third-order valence-electron chi connectivity index (χ3n) is 4.42. The van der Waals surface area contributed by atoms with Gasteiger partial charge in [-0.15, -0.1) is 0 Å². The summed E-state index contributed by atoms with van der Waals surface area (Å²) in [5.74, 6) is 1.59. The lowest BCUT2D eigenvalue weighted by Gasteiger charge is -2.34. The van der Waals surface area contributed by atoms with Crippen LogP contribution in [0.25, 0.3) is 0 Å². The van der Waals surface area contributed by atoms with Crippen molar-refractivity contribution in [2.75, 3.05) is 50.1 Å². The van der Waals surface area contributed by atoms with Crippen molar-refractivity contribution in [3.63, 3.8) is 0 Å². The number of aliphatic hydroxyl groups excluding tert-OH is 1. The van der Waals surface area contributed by atoms with Crippen LogP contribution in [0.3, 0.4) is 0 Å². The molecule has 0 bridgehead atoms. The van der Waals surface area contributed by atoms with Gasteiger partial charge in [-0.1, -0.05) is 0 Å². The van der Waals surface area contributed by atoms with Crippen LogP contribution < -0.4 is 15.5 Å². The summed E-state index contributed by atoms with van der Waals surface area (Å²) in [7, 11) is 1.88. The van der Waals surface area contributed by atoms with Gasteiger partial charge in [-0.3, -0.25) is 4.79 Å². The van der Waals surface area contributed by atoms with Crippen LogP contribution in [0.15, 0.2) is 6.33 Å². The van der Waals surface area contributed by atoms with Gasteiger partial charge in [0, 0.05) is 26.2 Å². The van der Waals surface area contributed by atoms with E-state index in [0.717, 1.165) is 37.3 Å². The Bertz CT molecular complexity index is 561. The summed E-state index contributed by atoms with van der Waals surface area (Å²) in [6, 6.07) is 0.210. The summed E-state index contributed by atoms with van der Waals surface area (Å²) in [6.45, 7) is 3.12. The number of nitrogens with zero attached hydrogens (tertiary/aromatic N) is 4. The molecule has 23 heavy (non-hydrogen) atoms. The highest BCUT2D eigenvalue weighted by molar-refractivity contribution is 5.84. The van der Waals surface area contributed by atoms with Crippen molar-refractivity contribution in [1.29, 1.82) is 0 Å². The van der Waals surface area contributed by atoms with E-state index in [1.807, 2.05) is 16.8 Å². The molecule has 0 saturated carbocycles. The Labute approximate surface area is 135 Å². The van der Waals surface area contributed by atoms with Crippen LogP contribution in [-0.2, 0) is 11.3 Å². The number of carbonyl (C=O) groups is 1. The van der Waals surface area contributed by atoms with Gasteiger partial charge in [-0.25, -0.2) is 9.97 Å². The van der Waals surface area contributed by atoms with Gasteiger partial charge in [0.05, 0.1) is 25.3 Å². The number of carbonyl (C=O) groups excluding carboxylic acids is 1. The van der Waals surface area contributed by atoms with Crippen molar-refractivity contribution in [2.24, 2.45) is 0 Å². The first-order valence-electron chi connectivity index (χ1n) is 8.10. The van der Waals surface area contributed by atoms with Gasteiger partial charge in [-0.05, 0) is 19.4 Å². The molecule has 3 heterocycles. The van der Waals surface area contributed by atoms with E-state index in [2.05, 4.69) is 20.6 Å². The van der Waals surface area contributed by atoms with Crippen LogP contribution in [0, 0.1) is 0 Å². The van der Waals surface area contributed by atoms with Crippen LogP contribution in [0.4, 0.5) is 11.6 Å². The average molecular weight is 320 g/mol. The minimum Gasteiger partial charge on any atom is -0.395 e. The lowest BCUT2D eigenvalue weighted by Crippen LogP contribution is -2.49. The number of aromatic nitrogens is 2. The van der Waals surface area contributed by atoms with E-state index >= 15 is 0 Å². The maximum atomic E-state index is 12.7. The van der Waals surface area contributed by atoms with Gasteiger partial charge in [0.15, 0.2) is 0 Å². The number of rotatable bonds is 4. The lowest BCUT2D eigenvalue weighted by atomic mass is 10.1. The second-order valence-corrected chi connectivity index (χ2v) is 6.05. The highest BCUT2D eigenvalue weighted by Gasteiger charge is 2.32. The van der Waals surface area contributed by atoms with E-state index in [1.54, 1.807) is 0 Å². The molecule has 2 aliphatic rings. The highest BCUT2D eigenvalue weighted by Crippen LogP contribution is 2.29. The number of aliphatic hydroxyl groups is 1. The maximum Gasteiger partial charge on any atom is 0.242 e. The fourth-order valence-corrected chi connectivity index (χ4v) is 3.26.